The zero-order valence-corrected chi connectivity index (χ0v) is 16.0. The third-order valence-corrected chi connectivity index (χ3v) is 5.50. The van der Waals surface area contributed by atoms with Gasteiger partial charge in [-0.15, -0.1) is 0 Å². The van der Waals surface area contributed by atoms with Crippen LogP contribution < -0.4 is 23.8 Å². The third kappa shape index (κ3) is 3.77. The Morgan fingerprint density at radius 1 is 1.11 bits per heavy atom. The second-order valence-electron chi connectivity index (χ2n) is 5.82. The van der Waals surface area contributed by atoms with E-state index in [0.717, 1.165) is 0 Å². The van der Waals surface area contributed by atoms with E-state index in [0.29, 0.717) is 41.8 Å². The van der Waals surface area contributed by atoms with E-state index < -0.39 is 10.0 Å². The standard InChI is InChI=1S/C18H20N2O6S/c1-12(21)20-8-9-26-16-6-4-13(10-15(16)20)19-27(22,23)14-5-7-17(24-2)18(11-14)25-3/h4-7,10-11,19H,8-9H2,1-3H3. The lowest BCUT2D eigenvalue weighted by atomic mass is 10.2. The van der Waals surface area contributed by atoms with E-state index >= 15 is 0 Å². The Morgan fingerprint density at radius 2 is 1.85 bits per heavy atom. The topological polar surface area (TPSA) is 94.2 Å². The molecule has 0 radical (unpaired) electrons. The normalized spacial score (nSPS) is 13.4. The lowest BCUT2D eigenvalue weighted by Gasteiger charge is -2.29. The minimum atomic E-state index is -3.86. The van der Waals surface area contributed by atoms with Crippen LogP contribution in [0, 0.1) is 0 Å². The SMILES string of the molecule is COc1ccc(S(=O)(=O)Nc2ccc3c(c2)N(C(C)=O)CCO3)cc1OC. The van der Waals surface area contributed by atoms with Gasteiger partial charge in [-0.2, -0.15) is 0 Å². The molecule has 0 atom stereocenters. The van der Waals surface area contributed by atoms with Gasteiger partial charge in [0, 0.05) is 13.0 Å². The van der Waals surface area contributed by atoms with Gasteiger partial charge in [-0.1, -0.05) is 0 Å². The van der Waals surface area contributed by atoms with Crippen molar-refractivity contribution in [2.45, 2.75) is 11.8 Å². The average molecular weight is 392 g/mol. The molecule has 0 unspecified atom stereocenters. The summed E-state index contributed by atoms with van der Waals surface area (Å²) in [4.78, 5) is 13.4. The smallest absolute Gasteiger partial charge is 0.262 e. The molecule has 2 aromatic carbocycles. The third-order valence-electron chi connectivity index (χ3n) is 4.12. The fraction of sp³-hybridized carbons (Fsp3) is 0.278. The summed E-state index contributed by atoms with van der Waals surface area (Å²) in [5.74, 6) is 1.13. The number of benzene rings is 2. The number of hydrogen-bond acceptors (Lipinski definition) is 6. The van der Waals surface area contributed by atoms with Gasteiger partial charge in [0.2, 0.25) is 5.91 Å². The number of amides is 1. The van der Waals surface area contributed by atoms with Crippen LogP contribution in [-0.2, 0) is 14.8 Å². The number of carbonyl (C=O) groups excluding carboxylic acids is 1. The number of carbonyl (C=O) groups is 1. The van der Waals surface area contributed by atoms with Crippen LogP contribution in [0.5, 0.6) is 17.2 Å². The first-order chi connectivity index (χ1) is 12.9. The summed E-state index contributed by atoms with van der Waals surface area (Å²) in [6, 6.07) is 9.12. The lowest BCUT2D eigenvalue weighted by molar-refractivity contribution is -0.116. The van der Waals surface area contributed by atoms with Crippen molar-refractivity contribution in [2.75, 3.05) is 37.0 Å². The molecule has 0 fully saturated rings. The number of ether oxygens (including phenoxy) is 3. The molecule has 0 spiro atoms. The van der Waals surface area contributed by atoms with E-state index in [1.54, 1.807) is 23.1 Å². The van der Waals surface area contributed by atoms with Gasteiger partial charge in [-0.25, -0.2) is 8.42 Å². The van der Waals surface area contributed by atoms with Gasteiger partial charge in [-0.05, 0) is 30.3 Å². The van der Waals surface area contributed by atoms with E-state index in [1.165, 1.54) is 39.3 Å². The molecule has 0 aliphatic carbocycles. The molecule has 9 heteroatoms. The molecular formula is C18H20N2O6S. The van der Waals surface area contributed by atoms with Crippen molar-refractivity contribution >= 4 is 27.3 Å². The molecule has 0 bridgehead atoms. The fourth-order valence-corrected chi connectivity index (χ4v) is 3.87. The minimum Gasteiger partial charge on any atom is -0.493 e. The highest BCUT2D eigenvalue weighted by Crippen LogP contribution is 2.35. The van der Waals surface area contributed by atoms with Crippen LogP contribution in [-0.4, -0.2) is 41.7 Å². The quantitative estimate of drug-likeness (QED) is 0.839. The highest BCUT2D eigenvalue weighted by atomic mass is 32.2. The molecule has 3 rings (SSSR count). The minimum absolute atomic E-state index is 0.0255. The second kappa shape index (κ2) is 7.36. The van der Waals surface area contributed by atoms with E-state index in [1.807, 2.05) is 0 Å². The number of sulfonamides is 1. The summed E-state index contributed by atoms with van der Waals surface area (Å²) in [6.45, 7) is 2.26. The molecule has 1 aliphatic heterocycles. The van der Waals surface area contributed by atoms with Crippen molar-refractivity contribution in [1.29, 1.82) is 0 Å². The molecule has 144 valence electrons. The van der Waals surface area contributed by atoms with Crippen LogP contribution in [0.25, 0.3) is 0 Å². The van der Waals surface area contributed by atoms with Gasteiger partial charge in [0.1, 0.15) is 12.4 Å². The maximum Gasteiger partial charge on any atom is 0.262 e. The average Bonchev–Trinajstić information content (AvgIpc) is 2.66. The van der Waals surface area contributed by atoms with Gasteiger partial charge in [-0.3, -0.25) is 9.52 Å². The van der Waals surface area contributed by atoms with Crippen LogP contribution in [0.1, 0.15) is 6.92 Å². The van der Waals surface area contributed by atoms with E-state index in [9.17, 15) is 13.2 Å². The van der Waals surface area contributed by atoms with Crippen LogP contribution in [0.15, 0.2) is 41.3 Å². The molecule has 1 amide bonds. The number of hydrogen-bond donors (Lipinski definition) is 1. The molecule has 2 aromatic rings. The van der Waals surface area contributed by atoms with E-state index in [-0.39, 0.29) is 10.8 Å². The Kier molecular flexibility index (Phi) is 5.13. The van der Waals surface area contributed by atoms with Crippen molar-refractivity contribution in [3.63, 3.8) is 0 Å². The van der Waals surface area contributed by atoms with Crippen LogP contribution >= 0.6 is 0 Å². The summed E-state index contributed by atoms with van der Waals surface area (Å²) < 4.78 is 43.8. The first-order valence-electron chi connectivity index (χ1n) is 8.15. The van der Waals surface area contributed by atoms with Gasteiger partial charge >= 0.3 is 0 Å². The number of rotatable bonds is 5. The number of anilines is 2. The zero-order valence-electron chi connectivity index (χ0n) is 15.2. The van der Waals surface area contributed by atoms with Gasteiger partial charge < -0.3 is 19.1 Å². The summed E-state index contributed by atoms with van der Waals surface area (Å²) in [7, 11) is -0.960. The van der Waals surface area contributed by atoms with Crippen LogP contribution in [0.3, 0.4) is 0 Å². The molecular weight excluding hydrogens is 372 g/mol. The Bertz CT molecular complexity index is 974. The largest absolute Gasteiger partial charge is 0.493 e. The molecule has 27 heavy (non-hydrogen) atoms. The predicted molar refractivity (Wildman–Crippen MR) is 100 cm³/mol. The van der Waals surface area contributed by atoms with Crippen LogP contribution in [0.2, 0.25) is 0 Å². The maximum atomic E-state index is 12.7. The Labute approximate surface area is 157 Å². The lowest BCUT2D eigenvalue weighted by Crippen LogP contribution is -2.36. The summed E-state index contributed by atoms with van der Waals surface area (Å²) in [6.07, 6.45) is 0. The van der Waals surface area contributed by atoms with E-state index in [2.05, 4.69) is 4.72 Å². The highest BCUT2D eigenvalue weighted by molar-refractivity contribution is 7.92. The van der Waals surface area contributed by atoms with Gasteiger partial charge in [0.05, 0.1) is 37.0 Å². The highest BCUT2D eigenvalue weighted by Gasteiger charge is 2.23. The van der Waals surface area contributed by atoms with Gasteiger partial charge in [0.15, 0.2) is 11.5 Å². The van der Waals surface area contributed by atoms with Crippen LogP contribution in [0.4, 0.5) is 11.4 Å². The molecule has 0 saturated heterocycles. The Balaban J connectivity index is 1.93. The Hall–Kier alpha value is -2.94. The number of nitrogens with one attached hydrogen (secondary N) is 1. The summed E-state index contributed by atoms with van der Waals surface area (Å²) in [5.41, 5.74) is 0.849. The predicted octanol–water partition coefficient (Wildman–Crippen LogP) is 2.25. The number of methoxy groups -OCH3 is 2. The first-order valence-corrected chi connectivity index (χ1v) is 9.64. The molecule has 0 saturated carbocycles. The van der Waals surface area contributed by atoms with Crippen molar-refractivity contribution in [3.05, 3.63) is 36.4 Å². The monoisotopic (exact) mass is 392 g/mol. The second-order valence-corrected chi connectivity index (χ2v) is 7.51. The molecule has 1 heterocycles. The number of nitrogens with zero attached hydrogens (tertiary/aromatic N) is 1. The Morgan fingerprint density at radius 3 is 2.52 bits per heavy atom. The van der Waals surface area contributed by atoms with Crippen molar-refractivity contribution in [1.82, 2.24) is 0 Å². The fourth-order valence-electron chi connectivity index (χ4n) is 2.81. The molecule has 1 aliphatic rings. The zero-order chi connectivity index (χ0) is 19.6. The van der Waals surface area contributed by atoms with Crippen molar-refractivity contribution < 1.29 is 27.4 Å². The summed E-state index contributed by atoms with van der Waals surface area (Å²) >= 11 is 0. The van der Waals surface area contributed by atoms with Crippen molar-refractivity contribution in [3.8, 4) is 17.2 Å². The molecule has 1 N–H and O–H groups in total. The van der Waals surface area contributed by atoms with Gasteiger partial charge in [0.25, 0.3) is 10.0 Å². The van der Waals surface area contributed by atoms with Crippen molar-refractivity contribution in [2.24, 2.45) is 0 Å². The maximum absolute atomic E-state index is 12.7. The molecule has 8 nitrogen and oxygen atoms in total. The van der Waals surface area contributed by atoms with E-state index in [4.69, 9.17) is 14.2 Å². The first kappa shape index (κ1) is 18.8. The number of fused-ring (bicyclic) bond motifs is 1. The summed E-state index contributed by atoms with van der Waals surface area (Å²) in [5, 5.41) is 0. The molecule has 0 aromatic heterocycles.